The lowest BCUT2D eigenvalue weighted by molar-refractivity contribution is -0.258. The van der Waals surface area contributed by atoms with Gasteiger partial charge in [0.2, 0.25) is 0 Å². The molecule has 3 atom stereocenters. The number of sulfonamides is 1. The lowest BCUT2D eigenvalue weighted by atomic mass is 9.95. The molecular weight excluding hydrogens is 505 g/mol. The van der Waals surface area contributed by atoms with E-state index in [9.17, 15) is 26.7 Å². The SMILES string of the molecule is CC(O)(c1ccc(N2CCN(S(=O)(=O)c3cccs3)C[C@@H]2COC[C@@H]2CCCO2)cc1)C(F)(F)F. The van der Waals surface area contributed by atoms with Crippen LogP contribution in [0.5, 0.6) is 0 Å². The van der Waals surface area contributed by atoms with Crippen LogP contribution >= 0.6 is 11.3 Å². The molecule has 0 spiro atoms. The van der Waals surface area contributed by atoms with Gasteiger partial charge < -0.3 is 19.5 Å². The van der Waals surface area contributed by atoms with E-state index in [0.717, 1.165) is 31.1 Å². The summed E-state index contributed by atoms with van der Waals surface area (Å²) in [5.74, 6) is 0. The Bertz CT molecular complexity index is 1070. The highest BCUT2D eigenvalue weighted by atomic mass is 32.2. The molecule has 12 heteroatoms. The molecule has 35 heavy (non-hydrogen) atoms. The minimum atomic E-state index is -4.81. The van der Waals surface area contributed by atoms with Gasteiger partial charge in [-0.3, -0.25) is 0 Å². The number of nitrogens with zero attached hydrogens (tertiary/aromatic N) is 2. The number of anilines is 1. The number of aliphatic hydroxyl groups is 1. The smallest absolute Gasteiger partial charge is 0.377 e. The van der Waals surface area contributed by atoms with Crippen LogP contribution in [0.2, 0.25) is 0 Å². The number of alkyl halides is 3. The number of halogens is 3. The van der Waals surface area contributed by atoms with Crippen LogP contribution in [0.25, 0.3) is 0 Å². The summed E-state index contributed by atoms with van der Waals surface area (Å²) in [6.45, 7) is 2.79. The fraction of sp³-hybridized carbons (Fsp3) is 0.565. The zero-order valence-corrected chi connectivity index (χ0v) is 20.9. The first-order valence-electron chi connectivity index (χ1n) is 11.4. The van der Waals surface area contributed by atoms with Gasteiger partial charge in [0.25, 0.3) is 10.0 Å². The summed E-state index contributed by atoms with van der Waals surface area (Å²) < 4.78 is 79.1. The van der Waals surface area contributed by atoms with Crippen molar-refractivity contribution in [2.24, 2.45) is 0 Å². The monoisotopic (exact) mass is 534 g/mol. The van der Waals surface area contributed by atoms with E-state index >= 15 is 0 Å². The van der Waals surface area contributed by atoms with Crippen molar-refractivity contribution < 1.29 is 36.2 Å². The molecule has 0 bridgehead atoms. The summed E-state index contributed by atoms with van der Waals surface area (Å²) in [5, 5.41) is 11.7. The normalized spacial score (nSPS) is 24.0. The lowest BCUT2D eigenvalue weighted by Gasteiger charge is -2.42. The minimum Gasteiger partial charge on any atom is -0.377 e. The van der Waals surface area contributed by atoms with Gasteiger partial charge in [-0.25, -0.2) is 8.42 Å². The van der Waals surface area contributed by atoms with E-state index in [-0.39, 0.29) is 41.6 Å². The molecule has 2 aliphatic rings. The molecule has 1 aromatic heterocycles. The van der Waals surface area contributed by atoms with E-state index in [0.29, 0.717) is 25.4 Å². The predicted octanol–water partition coefficient (Wildman–Crippen LogP) is 3.59. The molecule has 2 saturated heterocycles. The Balaban J connectivity index is 1.52. The quantitative estimate of drug-likeness (QED) is 0.558. The summed E-state index contributed by atoms with van der Waals surface area (Å²) in [5.41, 5.74) is -2.60. The van der Waals surface area contributed by atoms with Crippen LogP contribution in [0.15, 0.2) is 46.0 Å². The summed E-state index contributed by atoms with van der Waals surface area (Å²) in [6.07, 6.45) is -2.91. The van der Waals surface area contributed by atoms with Crippen molar-refractivity contribution in [2.45, 2.75) is 47.9 Å². The van der Waals surface area contributed by atoms with Crippen LogP contribution in [0.1, 0.15) is 25.3 Å². The molecular formula is C23H29F3N2O5S2. The van der Waals surface area contributed by atoms with E-state index in [4.69, 9.17) is 9.47 Å². The van der Waals surface area contributed by atoms with Crippen molar-refractivity contribution in [1.29, 1.82) is 0 Å². The molecule has 1 N–H and O–H groups in total. The van der Waals surface area contributed by atoms with Gasteiger partial charge in [-0.15, -0.1) is 11.3 Å². The molecule has 7 nitrogen and oxygen atoms in total. The number of hydrogen-bond acceptors (Lipinski definition) is 7. The third kappa shape index (κ3) is 5.67. The zero-order chi connectivity index (χ0) is 25.3. The first-order valence-corrected chi connectivity index (χ1v) is 13.7. The van der Waals surface area contributed by atoms with E-state index in [1.807, 2.05) is 4.90 Å². The topological polar surface area (TPSA) is 79.3 Å². The molecule has 1 unspecified atom stereocenters. The van der Waals surface area contributed by atoms with Crippen molar-refractivity contribution in [2.75, 3.05) is 44.4 Å². The first-order chi connectivity index (χ1) is 16.5. The van der Waals surface area contributed by atoms with Gasteiger partial charge in [0.05, 0.1) is 25.4 Å². The molecule has 2 fully saturated rings. The summed E-state index contributed by atoms with van der Waals surface area (Å²) in [7, 11) is -3.65. The van der Waals surface area contributed by atoms with E-state index < -0.39 is 21.8 Å². The Hall–Kier alpha value is -1.70. The highest BCUT2D eigenvalue weighted by Crippen LogP contribution is 2.39. The van der Waals surface area contributed by atoms with Gasteiger partial charge in [-0.1, -0.05) is 18.2 Å². The fourth-order valence-corrected chi connectivity index (χ4v) is 6.93. The third-order valence-electron chi connectivity index (χ3n) is 6.49. The number of piperazine rings is 1. The van der Waals surface area contributed by atoms with E-state index in [1.54, 1.807) is 17.5 Å². The van der Waals surface area contributed by atoms with Crippen molar-refractivity contribution in [3.8, 4) is 0 Å². The molecule has 0 amide bonds. The van der Waals surface area contributed by atoms with E-state index in [2.05, 4.69) is 0 Å². The average Bonchev–Trinajstić information content (AvgIpc) is 3.53. The molecule has 0 saturated carbocycles. The molecule has 1 aromatic carbocycles. The van der Waals surface area contributed by atoms with Crippen LogP contribution in [0, 0.1) is 0 Å². The Morgan fingerprint density at radius 2 is 1.91 bits per heavy atom. The van der Waals surface area contributed by atoms with Gasteiger partial charge in [0.1, 0.15) is 4.21 Å². The first kappa shape index (κ1) is 26.4. The lowest BCUT2D eigenvalue weighted by Crippen LogP contribution is -2.56. The summed E-state index contributed by atoms with van der Waals surface area (Å²) >= 11 is 1.16. The maximum atomic E-state index is 13.2. The van der Waals surface area contributed by atoms with Gasteiger partial charge >= 0.3 is 6.18 Å². The standard InChI is InChI=1S/C23H29F3N2O5S2/c1-22(29,23(24,25)26)17-6-8-18(9-7-17)28-11-10-27(35(30,31)21-5-3-13-34-21)14-19(28)15-32-16-20-4-2-12-33-20/h3,5-9,13,19-20,29H,2,4,10-12,14-16H2,1H3/t19-,20+,22?/m1/s1. The van der Waals surface area contributed by atoms with Crippen molar-refractivity contribution in [3.63, 3.8) is 0 Å². The van der Waals surface area contributed by atoms with Gasteiger partial charge in [0, 0.05) is 31.9 Å². The van der Waals surface area contributed by atoms with Crippen LogP contribution < -0.4 is 4.90 Å². The third-order valence-corrected chi connectivity index (χ3v) is 9.72. The van der Waals surface area contributed by atoms with Gasteiger partial charge in [-0.05, 0) is 48.9 Å². The van der Waals surface area contributed by atoms with Crippen molar-refractivity contribution in [3.05, 3.63) is 47.3 Å². The Labute approximate surface area is 207 Å². The molecule has 194 valence electrons. The van der Waals surface area contributed by atoms with Gasteiger partial charge in [-0.2, -0.15) is 17.5 Å². The largest absolute Gasteiger partial charge is 0.421 e. The fourth-order valence-electron chi connectivity index (χ4n) is 4.32. The summed E-state index contributed by atoms with van der Waals surface area (Å²) in [6, 6.07) is 8.45. The highest BCUT2D eigenvalue weighted by Gasteiger charge is 2.51. The van der Waals surface area contributed by atoms with Crippen molar-refractivity contribution in [1.82, 2.24) is 4.31 Å². The van der Waals surface area contributed by atoms with E-state index in [1.165, 1.54) is 28.6 Å². The Kier molecular flexibility index (Phi) is 7.79. The zero-order valence-electron chi connectivity index (χ0n) is 19.3. The molecule has 3 heterocycles. The number of rotatable bonds is 8. The molecule has 0 aliphatic carbocycles. The van der Waals surface area contributed by atoms with Crippen LogP contribution in [0.4, 0.5) is 18.9 Å². The average molecular weight is 535 g/mol. The van der Waals surface area contributed by atoms with Gasteiger partial charge in [0.15, 0.2) is 5.60 Å². The Morgan fingerprint density at radius 3 is 2.51 bits per heavy atom. The maximum absolute atomic E-state index is 13.2. The summed E-state index contributed by atoms with van der Waals surface area (Å²) in [4.78, 5) is 1.95. The minimum absolute atomic E-state index is 0.0156. The molecule has 2 aromatic rings. The second-order valence-corrected chi connectivity index (χ2v) is 12.0. The number of ether oxygens (including phenoxy) is 2. The second-order valence-electron chi connectivity index (χ2n) is 8.93. The number of thiophene rings is 1. The van der Waals surface area contributed by atoms with Crippen molar-refractivity contribution >= 4 is 27.0 Å². The second kappa shape index (κ2) is 10.3. The van der Waals surface area contributed by atoms with Crippen LogP contribution in [0.3, 0.4) is 0 Å². The maximum Gasteiger partial charge on any atom is 0.421 e. The molecule has 0 radical (unpaired) electrons. The highest BCUT2D eigenvalue weighted by molar-refractivity contribution is 7.91. The number of benzene rings is 1. The van der Waals surface area contributed by atoms with Crippen LogP contribution in [-0.4, -0.2) is 75.6 Å². The molecule has 4 rings (SSSR count). The molecule has 2 aliphatic heterocycles. The number of hydrogen-bond donors (Lipinski definition) is 1. The predicted molar refractivity (Wildman–Crippen MR) is 126 cm³/mol. The van der Waals surface area contributed by atoms with Crippen LogP contribution in [-0.2, 0) is 25.1 Å². The Morgan fingerprint density at radius 1 is 1.17 bits per heavy atom.